The standard InChI is InChI=1S/C21H22F2N4O5S/c22-16-4-3-5-17(23)20(16)33(31,32)26-12-10-25(11-13-26)21(28)15-6-7-18(19(14-15)27(29)30)24-8-1-2-9-24/h3-7,14H,1-2,8-13H2. The van der Waals surface area contributed by atoms with Gasteiger partial charge in [-0.15, -0.1) is 0 Å². The smallest absolute Gasteiger partial charge is 0.293 e. The molecule has 1 amide bonds. The van der Waals surface area contributed by atoms with Gasteiger partial charge in [-0.25, -0.2) is 17.2 Å². The van der Waals surface area contributed by atoms with Gasteiger partial charge in [0.15, 0.2) is 4.90 Å². The zero-order chi connectivity index (χ0) is 23.8. The number of hydrogen-bond acceptors (Lipinski definition) is 6. The van der Waals surface area contributed by atoms with Crippen LogP contribution in [0.4, 0.5) is 20.2 Å². The van der Waals surface area contributed by atoms with Crippen molar-refractivity contribution >= 4 is 27.3 Å². The van der Waals surface area contributed by atoms with E-state index in [4.69, 9.17) is 0 Å². The number of carbonyl (C=O) groups excluding carboxylic acids is 1. The minimum atomic E-state index is -4.42. The first-order valence-electron chi connectivity index (χ1n) is 10.5. The average molecular weight is 480 g/mol. The molecule has 12 heteroatoms. The van der Waals surface area contributed by atoms with Gasteiger partial charge in [-0.3, -0.25) is 14.9 Å². The maximum Gasteiger partial charge on any atom is 0.293 e. The summed E-state index contributed by atoms with van der Waals surface area (Å²) in [6.07, 6.45) is 1.89. The maximum atomic E-state index is 14.0. The number of piperazine rings is 1. The van der Waals surface area contributed by atoms with Crippen molar-refractivity contribution < 1.29 is 26.9 Å². The lowest BCUT2D eigenvalue weighted by molar-refractivity contribution is -0.384. The quantitative estimate of drug-likeness (QED) is 0.481. The lowest BCUT2D eigenvalue weighted by Gasteiger charge is -2.34. The van der Waals surface area contributed by atoms with Crippen LogP contribution in [0.2, 0.25) is 0 Å². The molecule has 33 heavy (non-hydrogen) atoms. The molecule has 0 saturated carbocycles. The van der Waals surface area contributed by atoms with E-state index in [1.54, 1.807) is 6.07 Å². The Bertz CT molecular complexity index is 1170. The van der Waals surface area contributed by atoms with Crippen LogP contribution in [0, 0.1) is 21.7 Å². The molecule has 2 saturated heterocycles. The summed E-state index contributed by atoms with van der Waals surface area (Å²) in [5, 5.41) is 11.6. The summed E-state index contributed by atoms with van der Waals surface area (Å²) >= 11 is 0. The van der Waals surface area contributed by atoms with Gasteiger partial charge >= 0.3 is 0 Å². The maximum absolute atomic E-state index is 14.0. The van der Waals surface area contributed by atoms with Gasteiger partial charge in [0, 0.05) is 50.9 Å². The van der Waals surface area contributed by atoms with E-state index in [2.05, 4.69) is 0 Å². The van der Waals surface area contributed by atoms with Crippen LogP contribution >= 0.6 is 0 Å². The molecular formula is C21H22F2N4O5S. The molecule has 176 valence electrons. The lowest BCUT2D eigenvalue weighted by atomic mass is 10.1. The van der Waals surface area contributed by atoms with Crippen LogP contribution < -0.4 is 4.90 Å². The molecule has 0 bridgehead atoms. The Labute approximate surface area is 189 Å². The van der Waals surface area contributed by atoms with Gasteiger partial charge < -0.3 is 9.80 Å². The number of rotatable bonds is 5. The number of halogens is 2. The van der Waals surface area contributed by atoms with E-state index in [1.165, 1.54) is 17.0 Å². The molecule has 2 aromatic carbocycles. The van der Waals surface area contributed by atoms with E-state index in [9.17, 15) is 32.1 Å². The van der Waals surface area contributed by atoms with Crippen LogP contribution in [-0.2, 0) is 10.0 Å². The van der Waals surface area contributed by atoms with Crippen molar-refractivity contribution in [3.05, 3.63) is 63.7 Å². The third-order valence-electron chi connectivity index (χ3n) is 5.91. The molecule has 2 aliphatic heterocycles. The Hall–Kier alpha value is -3.12. The van der Waals surface area contributed by atoms with Crippen LogP contribution in [0.3, 0.4) is 0 Å². The Morgan fingerprint density at radius 1 is 0.939 bits per heavy atom. The summed E-state index contributed by atoms with van der Waals surface area (Å²) in [5.74, 6) is -2.84. The zero-order valence-corrected chi connectivity index (χ0v) is 18.4. The number of sulfonamides is 1. The van der Waals surface area contributed by atoms with Crippen LogP contribution in [0.25, 0.3) is 0 Å². The molecular weight excluding hydrogens is 458 g/mol. The fourth-order valence-corrected chi connectivity index (χ4v) is 5.73. The number of nitro groups is 1. The molecule has 2 heterocycles. The predicted molar refractivity (Wildman–Crippen MR) is 116 cm³/mol. The second-order valence-electron chi connectivity index (χ2n) is 7.90. The average Bonchev–Trinajstić information content (AvgIpc) is 3.33. The van der Waals surface area contributed by atoms with Gasteiger partial charge in [0.05, 0.1) is 4.92 Å². The number of anilines is 1. The molecule has 0 atom stereocenters. The van der Waals surface area contributed by atoms with Gasteiger partial charge in [0.25, 0.3) is 11.6 Å². The topological polar surface area (TPSA) is 104 Å². The SMILES string of the molecule is O=C(c1ccc(N2CCCC2)c([N+](=O)[O-])c1)N1CCN(S(=O)(=O)c2c(F)cccc2F)CC1. The molecule has 2 aliphatic rings. The molecule has 0 unspecified atom stereocenters. The van der Waals surface area contributed by atoms with E-state index in [-0.39, 0.29) is 37.4 Å². The molecule has 0 radical (unpaired) electrons. The number of nitrogens with zero attached hydrogens (tertiary/aromatic N) is 4. The first-order chi connectivity index (χ1) is 15.7. The van der Waals surface area contributed by atoms with E-state index in [0.29, 0.717) is 18.8 Å². The molecule has 0 N–H and O–H groups in total. The highest BCUT2D eigenvalue weighted by atomic mass is 32.2. The van der Waals surface area contributed by atoms with Crippen LogP contribution in [-0.4, -0.2) is 67.7 Å². The lowest BCUT2D eigenvalue weighted by Crippen LogP contribution is -2.50. The molecule has 4 rings (SSSR count). The van der Waals surface area contributed by atoms with Gasteiger partial charge in [0.2, 0.25) is 10.0 Å². The Morgan fingerprint density at radius 2 is 1.55 bits per heavy atom. The van der Waals surface area contributed by atoms with Crippen molar-refractivity contribution in [3.63, 3.8) is 0 Å². The first kappa shape index (κ1) is 23.1. The third-order valence-corrected chi connectivity index (χ3v) is 7.86. The minimum Gasteiger partial charge on any atom is -0.366 e. The summed E-state index contributed by atoms with van der Waals surface area (Å²) in [7, 11) is -4.42. The Morgan fingerprint density at radius 3 is 2.12 bits per heavy atom. The van der Waals surface area contributed by atoms with Crippen molar-refractivity contribution in [1.82, 2.24) is 9.21 Å². The normalized spacial score (nSPS) is 17.4. The number of benzene rings is 2. The van der Waals surface area contributed by atoms with Crippen molar-refractivity contribution in [2.75, 3.05) is 44.2 Å². The van der Waals surface area contributed by atoms with E-state index >= 15 is 0 Å². The van der Waals surface area contributed by atoms with Crippen molar-refractivity contribution in [1.29, 1.82) is 0 Å². The largest absolute Gasteiger partial charge is 0.366 e. The van der Waals surface area contributed by atoms with Gasteiger partial charge in [-0.05, 0) is 37.1 Å². The second kappa shape index (κ2) is 9.02. The number of amides is 1. The van der Waals surface area contributed by atoms with Crippen LogP contribution in [0.1, 0.15) is 23.2 Å². The molecule has 0 spiro atoms. The summed E-state index contributed by atoms with van der Waals surface area (Å²) in [5.41, 5.74) is 0.442. The highest BCUT2D eigenvalue weighted by Gasteiger charge is 2.34. The summed E-state index contributed by atoms with van der Waals surface area (Å²) in [4.78, 5) is 26.3. The van der Waals surface area contributed by atoms with E-state index in [0.717, 1.165) is 35.3 Å². The van der Waals surface area contributed by atoms with Crippen molar-refractivity contribution in [2.24, 2.45) is 0 Å². The Balaban J connectivity index is 1.49. The molecule has 0 aromatic heterocycles. The van der Waals surface area contributed by atoms with Gasteiger partial charge in [-0.2, -0.15) is 4.31 Å². The van der Waals surface area contributed by atoms with Gasteiger partial charge in [0.1, 0.15) is 17.3 Å². The summed E-state index contributed by atoms with van der Waals surface area (Å²) < 4.78 is 54.4. The van der Waals surface area contributed by atoms with Crippen LogP contribution in [0.15, 0.2) is 41.3 Å². The minimum absolute atomic E-state index is 0.0180. The number of hydrogen-bond donors (Lipinski definition) is 0. The number of nitro benzene ring substituents is 1. The van der Waals surface area contributed by atoms with E-state index < -0.39 is 37.4 Å². The molecule has 2 aromatic rings. The first-order valence-corrected chi connectivity index (χ1v) is 11.9. The fraction of sp³-hybridized carbons (Fsp3) is 0.381. The monoisotopic (exact) mass is 480 g/mol. The Kier molecular flexibility index (Phi) is 6.30. The third kappa shape index (κ3) is 4.40. The van der Waals surface area contributed by atoms with Crippen molar-refractivity contribution in [3.8, 4) is 0 Å². The highest BCUT2D eigenvalue weighted by molar-refractivity contribution is 7.89. The summed E-state index contributed by atoms with van der Waals surface area (Å²) in [6, 6.07) is 7.16. The van der Waals surface area contributed by atoms with E-state index in [1.807, 2.05) is 4.90 Å². The predicted octanol–water partition coefficient (Wildman–Crippen LogP) is 2.62. The van der Waals surface area contributed by atoms with Gasteiger partial charge in [-0.1, -0.05) is 6.07 Å². The molecule has 2 fully saturated rings. The number of carbonyl (C=O) groups is 1. The molecule has 9 nitrogen and oxygen atoms in total. The fourth-order valence-electron chi connectivity index (χ4n) is 4.20. The molecule has 0 aliphatic carbocycles. The summed E-state index contributed by atoms with van der Waals surface area (Å²) in [6.45, 7) is 1.08. The zero-order valence-electron chi connectivity index (χ0n) is 17.6. The highest BCUT2D eigenvalue weighted by Crippen LogP contribution is 2.32. The second-order valence-corrected chi connectivity index (χ2v) is 9.78. The van der Waals surface area contributed by atoms with Crippen LogP contribution in [0.5, 0.6) is 0 Å². The van der Waals surface area contributed by atoms with Crippen molar-refractivity contribution in [2.45, 2.75) is 17.7 Å².